The molecule has 2 rings (SSSR count). The number of nitrogens with zero attached hydrogens (tertiary/aromatic N) is 1. The molecule has 0 bridgehead atoms. The zero-order valence-electron chi connectivity index (χ0n) is 16.5. The van der Waals surface area contributed by atoms with Gasteiger partial charge in [-0.15, -0.1) is 11.8 Å². The number of thioether (sulfide) groups is 1. The molecule has 0 aliphatic carbocycles. The minimum absolute atomic E-state index is 0.439. The molecule has 0 fully saturated rings. The Morgan fingerprint density at radius 1 is 1.24 bits per heavy atom. The third-order valence-electron chi connectivity index (χ3n) is 4.35. The van der Waals surface area contributed by atoms with Crippen molar-refractivity contribution in [2.45, 2.75) is 64.3 Å². The van der Waals surface area contributed by atoms with E-state index in [-0.39, 0.29) is 0 Å². The maximum atomic E-state index is 5.83. The molecule has 3 nitrogen and oxygen atoms in total. The summed E-state index contributed by atoms with van der Waals surface area (Å²) >= 11 is 1.76. The Balaban J connectivity index is 0.000000251. The third-order valence-corrected chi connectivity index (χ3v) is 5.19. The standard InChI is InChI=1S/C11H17NS.C10H18N2/c1-8(2)9-4-5-11(13-3)10(6-9)7-12;1-8(2)10(11)7-9-5-3-4-6-12-9/h4-6,8H,7,12H2,1-3H3;7-8H,3-6,11H2,1-2H3/b;10-7-. The molecule has 0 aromatic heterocycles. The Bertz CT molecular complexity index is 589. The summed E-state index contributed by atoms with van der Waals surface area (Å²) in [4.78, 5) is 5.71. The van der Waals surface area contributed by atoms with E-state index >= 15 is 0 Å². The van der Waals surface area contributed by atoms with Crippen LogP contribution in [0.5, 0.6) is 0 Å². The van der Waals surface area contributed by atoms with E-state index in [1.165, 1.54) is 34.6 Å². The van der Waals surface area contributed by atoms with Gasteiger partial charge in [0.05, 0.1) is 0 Å². The van der Waals surface area contributed by atoms with E-state index < -0.39 is 0 Å². The molecule has 0 amide bonds. The molecule has 1 heterocycles. The molecule has 140 valence electrons. The van der Waals surface area contributed by atoms with Gasteiger partial charge < -0.3 is 11.5 Å². The van der Waals surface area contributed by atoms with Crippen molar-refractivity contribution >= 4 is 17.5 Å². The fourth-order valence-electron chi connectivity index (χ4n) is 2.51. The van der Waals surface area contributed by atoms with Crippen LogP contribution in [0.1, 0.15) is 64.0 Å². The molecule has 1 aliphatic rings. The Morgan fingerprint density at radius 3 is 2.44 bits per heavy atom. The number of benzene rings is 1. The number of rotatable bonds is 5. The maximum absolute atomic E-state index is 5.83. The molecule has 0 radical (unpaired) electrons. The summed E-state index contributed by atoms with van der Waals surface area (Å²) in [5.41, 5.74) is 16.3. The molecular formula is C21H35N3S. The third kappa shape index (κ3) is 7.66. The van der Waals surface area contributed by atoms with Crippen LogP contribution in [0.4, 0.5) is 0 Å². The lowest BCUT2D eigenvalue weighted by atomic mass is 10.0. The van der Waals surface area contributed by atoms with Crippen molar-refractivity contribution < 1.29 is 0 Å². The summed E-state index contributed by atoms with van der Waals surface area (Å²) in [5, 5.41) is 0. The molecule has 1 aromatic carbocycles. The summed E-state index contributed by atoms with van der Waals surface area (Å²) in [6.45, 7) is 10.2. The minimum Gasteiger partial charge on any atom is -0.402 e. The van der Waals surface area contributed by atoms with Crippen LogP contribution in [0.3, 0.4) is 0 Å². The average molecular weight is 362 g/mol. The van der Waals surface area contributed by atoms with Gasteiger partial charge in [-0.3, -0.25) is 4.99 Å². The highest BCUT2D eigenvalue weighted by molar-refractivity contribution is 7.98. The molecule has 0 spiro atoms. The SMILES string of the molecule is CC(C)/C(N)=C/C1=NCCCC1.CSc1ccc(C(C)C)cc1CN. The first-order valence-corrected chi connectivity index (χ1v) is 10.5. The number of allylic oxidation sites excluding steroid dienone is 2. The number of nitrogens with two attached hydrogens (primary N) is 2. The van der Waals surface area contributed by atoms with Crippen molar-refractivity contribution in [1.82, 2.24) is 0 Å². The van der Waals surface area contributed by atoms with E-state index in [0.29, 0.717) is 18.4 Å². The van der Waals surface area contributed by atoms with Gasteiger partial charge >= 0.3 is 0 Å². The average Bonchev–Trinajstić information content (AvgIpc) is 2.62. The Hall–Kier alpha value is -1.26. The Morgan fingerprint density at radius 2 is 1.96 bits per heavy atom. The topological polar surface area (TPSA) is 64.4 Å². The fourth-order valence-corrected chi connectivity index (χ4v) is 3.12. The van der Waals surface area contributed by atoms with E-state index in [2.05, 4.69) is 57.1 Å². The lowest BCUT2D eigenvalue weighted by Gasteiger charge is -2.10. The Labute approximate surface area is 158 Å². The predicted molar refractivity (Wildman–Crippen MR) is 113 cm³/mol. The van der Waals surface area contributed by atoms with Gasteiger partial charge in [0.15, 0.2) is 0 Å². The van der Waals surface area contributed by atoms with Crippen molar-refractivity contribution in [3.8, 4) is 0 Å². The fraction of sp³-hybridized carbons (Fsp3) is 0.571. The van der Waals surface area contributed by atoms with Crippen molar-refractivity contribution in [3.05, 3.63) is 41.1 Å². The molecule has 1 aromatic rings. The smallest absolute Gasteiger partial charge is 0.0392 e. The quantitative estimate of drug-likeness (QED) is 0.717. The van der Waals surface area contributed by atoms with Gasteiger partial charge in [-0.2, -0.15) is 0 Å². The monoisotopic (exact) mass is 361 g/mol. The van der Waals surface area contributed by atoms with E-state index in [4.69, 9.17) is 11.5 Å². The molecule has 0 atom stereocenters. The van der Waals surface area contributed by atoms with Crippen LogP contribution in [0, 0.1) is 5.92 Å². The highest BCUT2D eigenvalue weighted by Crippen LogP contribution is 2.24. The van der Waals surface area contributed by atoms with Crippen molar-refractivity contribution in [1.29, 1.82) is 0 Å². The molecule has 4 N–H and O–H groups in total. The largest absolute Gasteiger partial charge is 0.402 e. The van der Waals surface area contributed by atoms with E-state index in [0.717, 1.165) is 18.7 Å². The molecule has 25 heavy (non-hydrogen) atoms. The molecule has 0 saturated carbocycles. The summed E-state index contributed by atoms with van der Waals surface area (Å²) < 4.78 is 0. The van der Waals surface area contributed by atoms with Gasteiger partial charge in [-0.25, -0.2) is 0 Å². The van der Waals surface area contributed by atoms with Crippen molar-refractivity contribution in [3.63, 3.8) is 0 Å². The first-order chi connectivity index (χ1) is 11.9. The second-order valence-electron chi connectivity index (χ2n) is 7.06. The molecule has 0 unspecified atom stereocenters. The van der Waals surface area contributed by atoms with Crippen LogP contribution in [0.25, 0.3) is 0 Å². The number of hydrogen-bond donors (Lipinski definition) is 2. The van der Waals surface area contributed by atoms with E-state index in [1.54, 1.807) is 11.8 Å². The molecular weight excluding hydrogens is 326 g/mol. The highest BCUT2D eigenvalue weighted by Gasteiger charge is 2.05. The number of aliphatic imine (C=N–C) groups is 1. The lowest BCUT2D eigenvalue weighted by Crippen LogP contribution is -2.10. The van der Waals surface area contributed by atoms with Crippen LogP contribution in [0.2, 0.25) is 0 Å². The predicted octanol–water partition coefficient (Wildman–Crippen LogP) is 5.10. The van der Waals surface area contributed by atoms with Crippen LogP contribution < -0.4 is 11.5 Å². The van der Waals surface area contributed by atoms with Crippen LogP contribution in [-0.2, 0) is 6.54 Å². The van der Waals surface area contributed by atoms with Gasteiger partial charge in [0.25, 0.3) is 0 Å². The van der Waals surface area contributed by atoms with Gasteiger partial charge in [-0.05, 0) is 60.6 Å². The maximum Gasteiger partial charge on any atom is 0.0392 e. The molecule has 0 saturated heterocycles. The summed E-state index contributed by atoms with van der Waals surface area (Å²) in [7, 11) is 0. The van der Waals surface area contributed by atoms with Gasteiger partial charge in [0, 0.05) is 29.4 Å². The molecule has 1 aliphatic heterocycles. The normalized spacial score (nSPS) is 15.0. The van der Waals surface area contributed by atoms with Crippen molar-refractivity contribution in [2.75, 3.05) is 12.8 Å². The van der Waals surface area contributed by atoms with Crippen LogP contribution >= 0.6 is 11.8 Å². The first kappa shape index (κ1) is 21.8. The number of hydrogen-bond acceptors (Lipinski definition) is 4. The molecule has 4 heteroatoms. The van der Waals surface area contributed by atoms with Crippen molar-refractivity contribution in [2.24, 2.45) is 22.4 Å². The lowest BCUT2D eigenvalue weighted by molar-refractivity contribution is 0.732. The summed E-state index contributed by atoms with van der Waals surface area (Å²) in [6.07, 6.45) is 7.74. The zero-order chi connectivity index (χ0) is 18.8. The van der Waals surface area contributed by atoms with Gasteiger partial charge in [0.1, 0.15) is 0 Å². The second kappa shape index (κ2) is 11.4. The van der Waals surface area contributed by atoms with E-state index in [9.17, 15) is 0 Å². The van der Waals surface area contributed by atoms with Crippen LogP contribution in [-0.4, -0.2) is 18.5 Å². The minimum atomic E-state index is 0.439. The first-order valence-electron chi connectivity index (χ1n) is 9.26. The van der Waals surface area contributed by atoms with Crippen LogP contribution in [0.15, 0.2) is 39.9 Å². The zero-order valence-corrected chi connectivity index (χ0v) is 17.3. The summed E-state index contributed by atoms with van der Waals surface area (Å²) in [6, 6.07) is 6.58. The second-order valence-corrected chi connectivity index (χ2v) is 7.91. The van der Waals surface area contributed by atoms with Gasteiger partial charge in [-0.1, -0.05) is 39.8 Å². The van der Waals surface area contributed by atoms with E-state index in [1.807, 2.05) is 6.08 Å². The highest BCUT2D eigenvalue weighted by atomic mass is 32.2. The van der Waals surface area contributed by atoms with Gasteiger partial charge in [0.2, 0.25) is 0 Å². The summed E-state index contributed by atoms with van der Waals surface area (Å²) in [5.74, 6) is 1.02. The Kier molecular flexibility index (Phi) is 9.91.